The maximum absolute atomic E-state index is 11.1. The molecule has 1 fully saturated rings. The maximum atomic E-state index is 11.1. The normalized spacial score (nSPS) is 30.5. The Bertz CT molecular complexity index is 636. The van der Waals surface area contributed by atoms with Gasteiger partial charge in [0, 0.05) is 13.3 Å². The van der Waals surface area contributed by atoms with Gasteiger partial charge < -0.3 is 71.0 Å². The highest BCUT2D eigenvalue weighted by Gasteiger charge is 2.53. The van der Waals surface area contributed by atoms with Gasteiger partial charge in [-0.25, -0.2) is 4.79 Å². The number of nitrogens with one attached hydrogen (secondary N) is 1. The van der Waals surface area contributed by atoms with E-state index < -0.39 is 92.2 Å². The van der Waals surface area contributed by atoms with Gasteiger partial charge in [-0.1, -0.05) is 0 Å². The molecule has 0 spiro atoms. The van der Waals surface area contributed by atoms with Crippen LogP contribution in [0.1, 0.15) is 13.3 Å². The van der Waals surface area contributed by atoms with Crippen molar-refractivity contribution in [2.75, 3.05) is 13.2 Å². The highest BCUT2D eigenvalue weighted by molar-refractivity contribution is 5.76. The SMILES string of the molecule is CC(=O)N[C@H]1[C@H]([C@H](O)[C@H](O)CO)OC(O)(C(=O)O)C[C@@H]1O.O=C[C@H](O)[C@@H](O)[C@H](O)[C@H](O)CO. The van der Waals surface area contributed by atoms with E-state index in [1.165, 1.54) is 0 Å². The molecule has 0 bridgehead atoms. The Labute approximate surface area is 186 Å². The highest BCUT2D eigenvalue weighted by Crippen LogP contribution is 2.30. The third-order valence-corrected chi connectivity index (χ3v) is 4.63. The van der Waals surface area contributed by atoms with Gasteiger partial charge in [0.2, 0.25) is 5.91 Å². The summed E-state index contributed by atoms with van der Waals surface area (Å²) in [6, 6.07) is -1.27. The summed E-state index contributed by atoms with van der Waals surface area (Å²) in [6.45, 7) is -0.504. The van der Waals surface area contributed by atoms with E-state index in [1.54, 1.807) is 0 Å². The van der Waals surface area contributed by atoms with E-state index in [0.717, 1.165) is 6.92 Å². The number of carboxylic acid groups (broad SMARTS) is 1. The highest BCUT2D eigenvalue weighted by atomic mass is 16.7. The molecule has 16 nitrogen and oxygen atoms in total. The molecular formula is C17H31NO15. The number of amides is 1. The van der Waals surface area contributed by atoms with E-state index in [2.05, 4.69) is 5.32 Å². The van der Waals surface area contributed by atoms with Crippen LogP contribution in [0.25, 0.3) is 0 Å². The molecule has 33 heavy (non-hydrogen) atoms. The van der Waals surface area contributed by atoms with E-state index in [4.69, 9.17) is 40.5 Å². The fourth-order valence-electron chi connectivity index (χ4n) is 2.75. The standard InChI is InChI=1S/C11H19NO9.C6H12O6/c1-4(14)12-7-5(15)2-11(20,10(18)19)21-9(7)8(17)6(16)3-13;7-1-3(9)5(11)6(12)4(10)2-8/h5-9,13,15-17,20H,2-3H2,1H3,(H,12,14)(H,18,19);1,3-6,8-12H,2H2/t5-,6+,7+,8+,9+,11?;3-,4+,5+,6+/m00/s1. The average Bonchev–Trinajstić information content (AvgIpc) is 2.77. The lowest BCUT2D eigenvalue weighted by Gasteiger charge is -2.44. The number of aliphatic carboxylic acids is 1. The minimum Gasteiger partial charge on any atom is -0.477 e. The van der Waals surface area contributed by atoms with Gasteiger partial charge in [0.25, 0.3) is 5.79 Å². The van der Waals surface area contributed by atoms with Crippen molar-refractivity contribution in [3.8, 4) is 0 Å². The lowest BCUT2D eigenvalue weighted by atomic mass is 9.88. The molecule has 0 aromatic rings. The van der Waals surface area contributed by atoms with Crippen molar-refractivity contribution in [1.82, 2.24) is 5.32 Å². The smallest absolute Gasteiger partial charge is 0.364 e. The number of aldehydes is 1. The van der Waals surface area contributed by atoms with Crippen LogP contribution in [-0.2, 0) is 19.1 Å². The number of carboxylic acids is 1. The largest absolute Gasteiger partial charge is 0.477 e. The number of rotatable bonds is 10. The number of carbonyl (C=O) groups is 3. The second kappa shape index (κ2) is 13.8. The Balaban J connectivity index is 0.000000728. The molecule has 194 valence electrons. The van der Waals surface area contributed by atoms with Crippen LogP contribution in [0.2, 0.25) is 0 Å². The van der Waals surface area contributed by atoms with E-state index in [-0.39, 0.29) is 6.29 Å². The Morgan fingerprint density at radius 3 is 1.97 bits per heavy atom. The second-order valence-electron chi connectivity index (χ2n) is 7.27. The van der Waals surface area contributed by atoms with Gasteiger partial charge in [0.05, 0.1) is 25.4 Å². The van der Waals surface area contributed by atoms with Crippen molar-refractivity contribution in [1.29, 1.82) is 0 Å². The summed E-state index contributed by atoms with van der Waals surface area (Å²) in [6.07, 6.45) is -14.3. The van der Waals surface area contributed by atoms with Crippen LogP contribution >= 0.6 is 0 Å². The molecule has 1 rings (SSSR count). The molecule has 10 atom stereocenters. The summed E-state index contributed by atoms with van der Waals surface area (Å²) in [7, 11) is 0. The molecule has 16 heteroatoms. The number of carbonyl (C=O) groups excluding carboxylic acids is 2. The van der Waals surface area contributed by atoms with Crippen LogP contribution < -0.4 is 5.32 Å². The summed E-state index contributed by atoms with van der Waals surface area (Å²) >= 11 is 0. The van der Waals surface area contributed by atoms with Crippen molar-refractivity contribution in [2.24, 2.45) is 0 Å². The number of hydrogen-bond donors (Lipinski definition) is 12. The predicted molar refractivity (Wildman–Crippen MR) is 102 cm³/mol. The van der Waals surface area contributed by atoms with Crippen LogP contribution in [0.3, 0.4) is 0 Å². The molecule has 1 aliphatic rings. The molecule has 0 radical (unpaired) electrons. The maximum Gasteiger partial charge on any atom is 0.364 e. The third-order valence-electron chi connectivity index (χ3n) is 4.63. The summed E-state index contributed by atoms with van der Waals surface area (Å²) in [5.41, 5.74) is 0. The molecule has 0 saturated carbocycles. The van der Waals surface area contributed by atoms with Crippen LogP contribution in [0.5, 0.6) is 0 Å². The molecule has 1 saturated heterocycles. The topological polar surface area (TPSA) is 295 Å². The Hall–Kier alpha value is -1.83. The van der Waals surface area contributed by atoms with Crippen LogP contribution in [0.4, 0.5) is 0 Å². The molecule has 1 unspecified atom stereocenters. The fraction of sp³-hybridized carbons (Fsp3) is 0.824. The molecule has 0 aromatic carbocycles. The second-order valence-corrected chi connectivity index (χ2v) is 7.27. The van der Waals surface area contributed by atoms with Gasteiger partial charge in [0.1, 0.15) is 42.7 Å². The molecular weight excluding hydrogens is 458 g/mol. The zero-order valence-corrected chi connectivity index (χ0v) is 17.4. The summed E-state index contributed by atoms with van der Waals surface area (Å²) in [4.78, 5) is 32.0. The Morgan fingerprint density at radius 2 is 1.58 bits per heavy atom. The van der Waals surface area contributed by atoms with E-state index >= 15 is 0 Å². The molecule has 0 aromatic heterocycles. The number of ether oxygens (including phenoxy) is 1. The third kappa shape index (κ3) is 8.80. The molecule has 1 amide bonds. The van der Waals surface area contributed by atoms with Gasteiger partial charge in [-0.15, -0.1) is 0 Å². The summed E-state index contributed by atoms with van der Waals surface area (Å²) in [5.74, 6) is -5.17. The lowest BCUT2D eigenvalue weighted by Crippen LogP contribution is -2.67. The van der Waals surface area contributed by atoms with E-state index in [1.807, 2.05) is 0 Å². The number of aliphatic hydroxyl groups excluding tert-OH is 9. The van der Waals surface area contributed by atoms with Gasteiger partial charge in [0.15, 0.2) is 6.29 Å². The van der Waals surface area contributed by atoms with Crippen molar-refractivity contribution in [2.45, 2.75) is 74.0 Å². The Morgan fingerprint density at radius 1 is 1.06 bits per heavy atom. The first-order valence-electron chi connectivity index (χ1n) is 9.50. The van der Waals surface area contributed by atoms with Crippen molar-refractivity contribution in [3.63, 3.8) is 0 Å². The lowest BCUT2D eigenvalue weighted by molar-refractivity contribution is -0.295. The first-order valence-corrected chi connectivity index (χ1v) is 9.50. The van der Waals surface area contributed by atoms with E-state index in [9.17, 15) is 34.8 Å². The zero-order valence-electron chi connectivity index (χ0n) is 17.4. The summed E-state index contributed by atoms with van der Waals surface area (Å²) < 4.78 is 4.86. The molecule has 12 N–H and O–H groups in total. The zero-order chi connectivity index (χ0) is 26.1. The number of aliphatic hydroxyl groups is 10. The average molecular weight is 489 g/mol. The van der Waals surface area contributed by atoms with Gasteiger partial charge in [-0.2, -0.15) is 0 Å². The van der Waals surface area contributed by atoms with E-state index in [0.29, 0.717) is 0 Å². The van der Waals surface area contributed by atoms with Crippen LogP contribution in [-0.4, -0.2) is 148 Å². The fourth-order valence-corrected chi connectivity index (χ4v) is 2.75. The van der Waals surface area contributed by atoms with Gasteiger partial charge in [-0.05, 0) is 0 Å². The van der Waals surface area contributed by atoms with Crippen molar-refractivity contribution >= 4 is 18.2 Å². The molecule has 0 aliphatic carbocycles. The molecule has 1 heterocycles. The first kappa shape index (κ1) is 31.2. The Kier molecular flexibility index (Phi) is 13.0. The summed E-state index contributed by atoms with van der Waals surface area (Å²) in [5, 5.41) is 102. The van der Waals surface area contributed by atoms with Crippen LogP contribution in [0, 0.1) is 0 Å². The van der Waals surface area contributed by atoms with Crippen molar-refractivity contribution < 1.29 is 75.3 Å². The quantitative estimate of drug-likeness (QED) is 0.127. The monoisotopic (exact) mass is 489 g/mol. The van der Waals surface area contributed by atoms with Gasteiger partial charge >= 0.3 is 5.97 Å². The van der Waals surface area contributed by atoms with Crippen LogP contribution in [0.15, 0.2) is 0 Å². The molecule has 1 aliphatic heterocycles. The minimum atomic E-state index is -2.78. The first-order chi connectivity index (χ1) is 15.2. The minimum absolute atomic E-state index is 0.0258. The van der Waals surface area contributed by atoms with Crippen molar-refractivity contribution in [3.05, 3.63) is 0 Å². The number of hydrogen-bond acceptors (Lipinski definition) is 14. The van der Waals surface area contributed by atoms with Gasteiger partial charge in [-0.3, -0.25) is 4.79 Å². The predicted octanol–water partition coefficient (Wildman–Crippen LogP) is -7.25.